The van der Waals surface area contributed by atoms with Crippen LogP contribution in [0.5, 0.6) is 0 Å². The van der Waals surface area contributed by atoms with Crippen LogP contribution in [0.2, 0.25) is 0 Å². The van der Waals surface area contributed by atoms with Crippen molar-refractivity contribution in [2.75, 3.05) is 38.9 Å². The van der Waals surface area contributed by atoms with Crippen LogP contribution in [0.1, 0.15) is 201 Å². The summed E-state index contributed by atoms with van der Waals surface area (Å²) in [5.74, 6) is 5.56. The lowest BCUT2D eigenvalue weighted by Crippen LogP contribution is -2.54. The van der Waals surface area contributed by atoms with Gasteiger partial charge in [-0.2, -0.15) is 11.8 Å². The van der Waals surface area contributed by atoms with E-state index in [0.29, 0.717) is 60.7 Å². The summed E-state index contributed by atoms with van der Waals surface area (Å²) < 4.78 is 25.6. The van der Waals surface area contributed by atoms with Crippen LogP contribution in [-0.4, -0.2) is 104 Å². The molecule has 5 fully saturated rings. The fraction of sp³-hybridized carbons (Fsp3) is 0.850. The molecule has 12 heteroatoms. The van der Waals surface area contributed by atoms with E-state index >= 15 is 0 Å². The number of nitrogens with one attached hydrogen (secondary N) is 1. The van der Waals surface area contributed by atoms with Crippen LogP contribution in [0.25, 0.3) is 0 Å². The lowest BCUT2D eigenvalue weighted by Gasteiger charge is -2.61. The summed E-state index contributed by atoms with van der Waals surface area (Å²) in [6.45, 7) is 41.4. The zero-order valence-electron chi connectivity index (χ0n) is 49.7. The predicted molar refractivity (Wildman–Crippen MR) is 306 cm³/mol. The lowest BCUT2D eigenvalue weighted by atomic mass is 9.44. The summed E-state index contributed by atoms with van der Waals surface area (Å²) in [5, 5.41) is 27.3. The van der Waals surface area contributed by atoms with Crippen molar-refractivity contribution in [3.63, 3.8) is 0 Å². The second-order valence-corrected chi connectivity index (χ2v) is 21.7. The fourth-order valence-corrected chi connectivity index (χ4v) is 12.4. The van der Waals surface area contributed by atoms with Crippen LogP contribution in [0.4, 0.5) is 4.79 Å². The Morgan fingerprint density at radius 2 is 1.49 bits per heavy atom. The van der Waals surface area contributed by atoms with Crippen LogP contribution in [0, 0.1) is 58.2 Å². The molecule has 72 heavy (non-hydrogen) atoms. The molecule has 0 aromatic rings. The molecule has 1 heterocycles. The van der Waals surface area contributed by atoms with Crippen molar-refractivity contribution in [3.8, 4) is 0 Å². The lowest BCUT2D eigenvalue weighted by molar-refractivity contribution is -0.240. The number of carbonyl (C=O) groups excluding carboxylic acids is 2. The first kappa shape index (κ1) is 74.0. The Morgan fingerprint density at radius 3 is 2.04 bits per heavy atom. The minimum atomic E-state index is -0.293. The standard InChI is InChI=1S/C41H73NO6S.C9H14.C2H4O.3C2H6.CH2O2.CH4O/c1-9-29(5)47-35-23-37(45-25-28(35)4)48-36-22-34-32-14-13-30-21-31(43)15-17-40(30,6)33(32)16-18-41(34,7)38(36)27(3)12-10-11-26(2)24-46-39(44)42-19-20-49-8;1-5-9(4)7-6-8(2)3;1-2-3;3*1-2;2-1-3;1-2/h26-38,43H,9-25H2,1-8H3,(H,42,44);5-7H,1H2,2-4H3;2H,1H3;3*1-2H3;1H,(H,2,3);2H,1H3/b;9-7-;;;;;;/t26?,27-,28?,29?,30?,31?,32?,33?,34?,35?,36?,37?,38?,40?,41?;;;;;;;/m1......./s1. The molecule has 4 aliphatic carbocycles. The van der Waals surface area contributed by atoms with Gasteiger partial charge in [-0.3, -0.25) is 4.79 Å². The van der Waals surface area contributed by atoms with Gasteiger partial charge in [0.05, 0.1) is 37.6 Å². The molecule has 5 aliphatic rings. The number of hydrogen-bond acceptors (Lipinski definition) is 10. The summed E-state index contributed by atoms with van der Waals surface area (Å²) in [7, 11) is 1.00. The largest absolute Gasteiger partial charge is 0.483 e. The smallest absolute Gasteiger partial charge is 0.407 e. The molecule has 0 radical (unpaired) electrons. The van der Waals surface area contributed by atoms with Gasteiger partial charge in [0.25, 0.3) is 6.47 Å². The molecule has 5 rings (SSSR count). The van der Waals surface area contributed by atoms with Gasteiger partial charge in [0.15, 0.2) is 6.29 Å². The Hall–Kier alpha value is -2.22. The third-order valence-electron chi connectivity index (χ3n) is 15.7. The van der Waals surface area contributed by atoms with Crippen LogP contribution in [0.15, 0.2) is 36.0 Å². The minimum absolute atomic E-state index is 0.0966. The first-order chi connectivity index (χ1) is 34.4. The second-order valence-electron chi connectivity index (χ2n) is 20.7. The number of aliphatic hydroxyl groups excluding tert-OH is 2. The monoisotopic (exact) mass is 1040 g/mol. The van der Waals surface area contributed by atoms with Crippen LogP contribution in [0.3, 0.4) is 0 Å². The van der Waals surface area contributed by atoms with E-state index in [9.17, 15) is 9.90 Å². The first-order valence-corrected chi connectivity index (χ1v) is 29.6. The van der Waals surface area contributed by atoms with Crippen molar-refractivity contribution in [2.45, 2.75) is 232 Å². The molecule has 1 amide bonds. The Kier molecular flexibility index (Phi) is 44.1. The van der Waals surface area contributed by atoms with Gasteiger partial charge in [0, 0.05) is 31.7 Å². The topological polar surface area (TPSA) is 161 Å². The van der Waals surface area contributed by atoms with Gasteiger partial charge in [-0.1, -0.05) is 132 Å². The quantitative estimate of drug-likeness (QED) is 0.0623. The summed E-state index contributed by atoms with van der Waals surface area (Å²) in [4.78, 5) is 29.2. The van der Waals surface area contributed by atoms with Crippen molar-refractivity contribution in [1.29, 1.82) is 0 Å². The van der Waals surface area contributed by atoms with Crippen molar-refractivity contribution in [3.05, 3.63) is 36.0 Å². The number of carboxylic acid groups (broad SMARTS) is 1. The Labute approximate surface area is 447 Å². The van der Waals surface area contributed by atoms with Crippen molar-refractivity contribution < 1.29 is 48.7 Å². The van der Waals surface area contributed by atoms with Gasteiger partial charge in [0.1, 0.15) is 6.29 Å². The number of aliphatic hydroxyl groups is 2. The summed E-state index contributed by atoms with van der Waals surface area (Å²) in [5.41, 5.74) is 3.16. The zero-order chi connectivity index (χ0) is 56.0. The molecule has 0 aromatic heterocycles. The zero-order valence-corrected chi connectivity index (χ0v) is 50.5. The average molecular weight is 1040 g/mol. The Bertz CT molecular complexity index is 1430. The maximum Gasteiger partial charge on any atom is 0.407 e. The van der Waals surface area contributed by atoms with Crippen LogP contribution < -0.4 is 5.32 Å². The number of carbonyl (C=O) groups is 3. The number of aldehydes is 1. The van der Waals surface area contributed by atoms with Gasteiger partial charge in [0.2, 0.25) is 0 Å². The van der Waals surface area contributed by atoms with Crippen molar-refractivity contribution >= 4 is 30.6 Å². The molecular formula is C60H115NO10S. The van der Waals surface area contributed by atoms with E-state index in [1.807, 2.05) is 60.8 Å². The molecule has 426 valence electrons. The molecule has 11 nitrogen and oxygen atoms in total. The maximum atomic E-state index is 12.1. The van der Waals surface area contributed by atoms with Crippen LogP contribution >= 0.6 is 11.8 Å². The van der Waals surface area contributed by atoms with Crippen molar-refractivity contribution in [2.24, 2.45) is 58.2 Å². The molecule has 0 aromatic carbocycles. The number of ether oxygens (including phenoxy) is 4. The van der Waals surface area contributed by atoms with Gasteiger partial charge >= 0.3 is 6.09 Å². The number of rotatable bonds is 17. The van der Waals surface area contributed by atoms with Gasteiger partial charge < -0.3 is 44.4 Å². The highest BCUT2D eigenvalue weighted by Crippen LogP contribution is 2.69. The SMILES string of the molecule is C=C/C(C)=C\C=C(C)C.CC.CC.CC.CC=O.CCC(C)OC1CC(OC2CC3C4CCC5CC(O)CCC5(C)C4CCC3(C)C2[C@H](C)CCCC(C)COC(=O)NCCSC)OCC1C.CO.O=CO. The normalized spacial score (nSPS) is 30.8. The Balaban J connectivity index is -0.00000176. The number of thioether (sulfide) groups is 1. The van der Waals surface area contributed by atoms with Gasteiger partial charge in [-0.25, -0.2) is 4.79 Å². The second kappa shape index (κ2) is 42.9. The highest BCUT2D eigenvalue weighted by Gasteiger charge is 2.63. The summed E-state index contributed by atoms with van der Waals surface area (Å²) in [6.07, 6.45) is 23.6. The number of fused-ring (bicyclic) bond motifs is 5. The van der Waals surface area contributed by atoms with E-state index in [0.717, 1.165) is 75.9 Å². The van der Waals surface area contributed by atoms with E-state index < -0.39 is 0 Å². The first-order valence-electron chi connectivity index (χ1n) is 28.3. The predicted octanol–water partition coefficient (Wildman–Crippen LogP) is 14.8. The molecule has 0 bridgehead atoms. The van der Waals surface area contributed by atoms with E-state index in [4.69, 9.17) is 38.7 Å². The molecular weight excluding hydrogens is 927 g/mol. The highest BCUT2D eigenvalue weighted by atomic mass is 32.2. The van der Waals surface area contributed by atoms with E-state index in [1.165, 1.54) is 56.6 Å². The number of hydrogen-bond donors (Lipinski definition) is 4. The number of amides is 1. The molecule has 0 spiro atoms. The number of alkyl carbamates (subject to hydrolysis) is 1. The van der Waals surface area contributed by atoms with E-state index in [2.05, 4.69) is 86.4 Å². The average Bonchev–Trinajstić information content (AvgIpc) is 3.68. The number of allylic oxidation sites excluding steroid dienone is 5. The highest BCUT2D eigenvalue weighted by molar-refractivity contribution is 7.98. The molecule has 4 saturated carbocycles. The molecule has 1 aliphatic heterocycles. The molecule has 4 N–H and O–H groups in total. The molecule has 14 unspecified atom stereocenters. The summed E-state index contributed by atoms with van der Waals surface area (Å²) >= 11 is 1.72. The van der Waals surface area contributed by atoms with Crippen LogP contribution in [-0.2, 0) is 28.5 Å². The Morgan fingerprint density at radius 1 is 0.889 bits per heavy atom. The van der Waals surface area contributed by atoms with Crippen molar-refractivity contribution in [1.82, 2.24) is 5.32 Å². The third kappa shape index (κ3) is 25.5. The van der Waals surface area contributed by atoms with Gasteiger partial charge in [-0.05, 0) is 157 Å². The third-order valence-corrected chi connectivity index (χ3v) is 16.3. The molecule has 1 saturated heterocycles. The van der Waals surface area contributed by atoms with E-state index in [-0.39, 0.29) is 48.7 Å². The molecule has 15 atom stereocenters. The minimum Gasteiger partial charge on any atom is -0.483 e. The summed E-state index contributed by atoms with van der Waals surface area (Å²) in [6, 6.07) is 0. The van der Waals surface area contributed by atoms with E-state index in [1.54, 1.807) is 11.8 Å². The fourth-order valence-electron chi connectivity index (χ4n) is 12.1. The maximum absolute atomic E-state index is 12.1. The van der Waals surface area contributed by atoms with Gasteiger partial charge in [-0.15, -0.1) is 0 Å².